The lowest BCUT2D eigenvalue weighted by atomic mass is 10.1. The molecule has 0 radical (unpaired) electrons. The van der Waals surface area contributed by atoms with E-state index in [1.54, 1.807) is 18.2 Å². The Bertz CT molecular complexity index is 919. The van der Waals surface area contributed by atoms with Crippen molar-refractivity contribution < 1.29 is 13.2 Å². The molecule has 0 spiro atoms. The second kappa shape index (κ2) is 9.85. The first-order valence-electron chi connectivity index (χ1n) is 8.02. The van der Waals surface area contributed by atoms with Crippen molar-refractivity contribution in [1.82, 2.24) is 9.73 Å². The maximum Gasteiger partial charge on any atom is 0.255 e. The Hall–Kier alpha value is -1.93. The lowest BCUT2D eigenvalue weighted by Crippen LogP contribution is -2.40. The second-order valence-corrected chi connectivity index (χ2v) is 8.62. The number of hydrogen-bond acceptors (Lipinski definition) is 4. The minimum atomic E-state index is -3.53. The molecule has 9 heteroatoms. The topological polar surface area (TPSA) is 78.8 Å². The van der Waals surface area contributed by atoms with Crippen LogP contribution in [0.3, 0.4) is 0 Å². The third-order valence-corrected chi connectivity index (χ3v) is 5.45. The smallest absolute Gasteiger partial charge is 0.255 e. The van der Waals surface area contributed by atoms with Crippen molar-refractivity contribution in [1.29, 1.82) is 0 Å². The van der Waals surface area contributed by atoms with Crippen LogP contribution in [-0.2, 0) is 21.2 Å². The average Bonchev–Trinajstić information content (AvgIpc) is 2.60. The predicted octanol–water partition coefficient (Wildman–Crippen LogP) is 2.95. The highest BCUT2D eigenvalue weighted by molar-refractivity contribution is 7.88. The number of hydrogen-bond donors (Lipinski definition) is 1. The van der Waals surface area contributed by atoms with Crippen LogP contribution >= 0.6 is 23.2 Å². The number of carbonyl (C=O) groups is 1. The normalized spacial score (nSPS) is 11.9. The molecular weight excluding hydrogens is 409 g/mol. The molecule has 27 heavy (non-hydrogen) atoms. The lowest BCUT2D eigenvalue weighted by Gasteiger charge is -2.18. The highest BCUT2D eigenvalue weighted by Gasteiger charge is 2.19. The molecule has 6 nitrogen and oxygen atoms in total. The van der Waals surface area contributed by atoms with Crippen LogP contribution in [-0.4, -0.2) is 44.2 Å². The summed E-state index contributed by atoms with van der Waals surface area (Å²) in [6, 6.07) is 14.3. The van der Waals surface area contributed by atoms with Gasteiger partial charge in [-0.05, 0) is 24.1 Å². The summed E-state index contributed by atoms with van der Waals surface area (Å²) < 4.78 is 25.0. The maximum atomic E-state index is 12.1. The van der Waals surface area contributed by atoms with Gasteiger partial charge in [-0.15, -0.1) is 0 Å². The first-order chi connectivity index (χ1) is 12.8. The van der Waals surface area contributed by atoms with Crippen LogP contribution in [0.1, 0.15) is 11.1 Å². The molecule has 0 heterocycles. The Morgan fingerprint density at radius 2 is 1.89 bits per heavy atom. The van der Waals surface area contributed by atoms with Crippen LogP contribution in [0.4, 0.5) is 0 Å². The average molecular weight is 428 g/mol. The van der Waals surface area contributed by atoms with Crippen LogP contribution in [0.5, 0.6) is 0 Å². The molecule has 0 aliphatic carbocycles. The summed E-state index contributed by atoms with van der Waals surface area (Å²) in [6.45, 7) is -0.125. The number of amides is 1. The second-order valence-electron chi connectivity index (χ2n) is 5.79. The molecule has 1 amide bonds. The van der Waals surface area contributed by atoms with Gasteiger partial charge in [0.25, 0.3) is 5.91 Å². The van der Waals surface area contributed by atoms with Crippen LogP contribution in [0.25, 0.3) is 0 Å². The molecule has 2 aromatic rings. The Morgan fingerprint density at radius 1 is 1.19 bits per heavy atom. The molecule has 144 valence electrons. The van der Waals surface area contributed by atoms with E-state index in [4.69, 9.17) is 23.2 Å². The standard InChI is InChI=1S/C18H19Cl2N3O3S/c1-27(25,26)23(10-9-14-5-3-2-4-6-14)13-18(24)22-21-12-15-7-8-16(19)11-17(15)20/h2-8,11-12H,9-10,13H2,1H3,(H,22,24). The summed E-state index contributed by atoms with van der Waals surface area (Å²) in [5.41, 5.74) is 3.87. The number of halogens is 2. The maximum absolute atomic E-state index is 12.1. The Kier molecular flexibility index (Phi) is 7.79. The molecule has 2 aromatic carbocycles. The quantitative estimate of drug-likeness (QED) is 0.519. The first-order valence-corrected chi connectivity index (χ1v) is 10.6. The van der Waals surface area contributed by atoms with Gasteiger partial charge in [-0.3, -0.25) is 4.79 Å². The minimum absolute atomic E-state index is 0.197. The SMILES string of the molecule is CS(=O)(=O)N(CCc1ccccc1)CC(=O)NN=Cc1ccc(Cl)cc1Cl. The monoisotopic (exact) mass is 427 g/mol. The fourth-order valence-electron chi connectivity index (χ4n) is 2.24. The van der Waals surface area contributed by atoms with Gasteiger partial charge in [0.1, 0.15) is 0 Å². The van der Waals surface area contributed by atoms with Crippen molar-refractivity contribution in [2.75, 3.05) is 19.3 Å². The van der Waals surface area contributed by atoms with Gasteiger partial charge in [-0.25, -0.2) is 13.8 Å². The van der Waals surface area contributed by atoms with E-state index in [1.807, 2.05) is 30.3 Å². The fourth-order valence-corrected chi connectivity index (χ4v) is 3.47. The third kappa shape index (κ3) is 7.30. The van der Waals surface area contributed by atoms with E-state index in [0.717, 1.165) is 16.1 Å². The van der Waals surface area contributed by atoms with Crippen LogP contribution in [0.15, 0.2) is 53.6 Å². The van der Waals surface area contributed by atoms with E-state index >= 15 is 0 Å². The number of sulfonamides is 1. The number of rotatable bonds is 8. The number of nitrogens with one attached hydrogen (secondary N) is 1. The van der Waals surface area contributed by atoms with Crippen molar-refractivity contribution in [3.8, 4) is 0 Å². The molecule has 0 aliphatic heterocycles. The molecule has 1 N–H and O–H groups in total. The lowest BCUT2D eigenvalue weighted by molar-refractivity contribution is -0.121. The van der Waals surface area contributed by atoms with E-state index in [9.17, 15) is 13.2 Å². The molecule has 0 aromatic heterocycles. The van der Waals surface area contributed by atoms with E-state index in [0.29, 0.717) is 22.0 Å². The molecule has 0 fully saturated rings. The summed E-state index contributed by atoms with van der Waals surface area (Å²) in [6.07, 6.45) is 2.94. The van der Waals surface area contributed by atoms with Gasteiger partial charge < -0.3 is 0 Å². The van der Waals surface area contributed by atoms with Gasteiger partial charge in [0, 0.05) is 17.1 Å². The molecule has 0 unspecified atom stereocenters. The molecule has 2 rings (SSSR count). The summed E-state index contributed by atoms with van der Waals surface area (Å²) in [5.74, 6) is -0.546. The van der Waals surface area contributed by atoms with Gasteiger partial charge in [-0.2, -0.15) is 9.41 Å². The van der Waals surface area contributed by atoms with Gasteiger partial charge in [0.2, 0.25) is 10.0 Å². The summed E-state index contributed by atoms with van der Waals surface area (Å²) in [7, 11) is -3.53. The molecule has 0 aliphatic rings. The highest BCUT2D eigenvalue weighted by atomic mass is 35.5. The first kappa shape index (κ1) is 21.4. The van der Waals surface area contributed by atoms with Crippen molar-refractivity contribution in [3.05, 3.63) is 69.7 Å². The predicted molar refractivity (Wildman–Crippen MR) is 109 cm³/mol. The van der Waals surface area contributed by atoms with E-state index in [2.05, 4.69) is 10.5 Å². The number of nitrogens with zero attached hydrogens (tertiary/aromatic N) is 2. The largest absolute Gasteiger partial charge is 0.272 e. The van der Waals surface area contributed by atoms with E-state index in [1.165, 1.54) is 6.21 Å². The Labute approximate surface area is 168 Å². The Morgan fingerprint density at radius 3 is 2.52 bits per heavy atom. The molecule has 0 saturated carbocycles. The van der Waals surface area contributed by atoms with Gasteiger partial charge in [0.15, 0.2) is 0 Å². The zero-order valence-electron chi connectivity index (χ0n) is 14.6. The highest BCUT2D eigenvalue weighted by Crippen LogP contribution is 2.19. The summed E-state index contributed by atoms with van der Waals surface area (Å²) >= 11 is 11.8. The fraction of sp³-hybridized carbons (Fsp3) is 0.222. The summed E-state index contributed by atoms with van der Waals surface area (Å²) in [5, 5.41) is 4.69. The zero-order chi connectivity index (χ0) is 19.9. The molecule has 0 atom stereocenters. The van der Waals surface area contributed by atoms with Crippen molar-refractivity contribution in [3.63, 3.8) is 0 Å². The van der Waals surface area contributed by atoms with E-state index < -0.39 is 15.9 Å². The van der Waals surface area contributed by atoms with Crippen molar-refractivity contribution >= 4 is 45.3 Å². The number of carbonyl (C=O) groups excluding carboxylic acids is 1. The van der Waals surface area contributed by atoms with Crippen LogP contribution in [0.2, 0.25) is 10.0 Å². The summed E-state index contributed by atoms with van der Waals surface area (Å²) in [4.78, 5) is 12.1. The molecule has 0 bridgehead atoms. The van der Waals surface area contributed by atoms with E-state index in [-0.39, 0.29) is 13.1 Å². The molecular formula is C18H19Cl2N3O3S. The van der Waals surface area contributed by atoms with Crippen LogP contribution in [0, 0.1) is 0 Å². The Balaban J connectivity index is 1.94. The third-order valence-electron chi connectivity index (χ3n) is 3.64. The number of benzene rings is 2. The molecule has 0 saturated heterocycles. The van der Waals surface area contributed by atoms with Crippen LogP contribution < -0.4 is 5.43 Å². The van der Waals surface area contributed by atoms with Gasteiger partial charge in [-0.1, -0.05) is 59.6 Å². The van der Waals surface area contributed by atoms with Gasteiger partial charge in [0.05, 0.1) is 24.0 Å². The van der Waals surface area contributed by atoms with Gasteiger partial charge >= 0.3 is 0 Å². The van der Waals surface area contributed by atoms with Crippen molar-refractivity contribution in [2.45, 2.75) is 6.42 Å². The minimum Gasteiger partial charge on any atom is -0.272 e. The zero-order valence-corrected chi connectivity index (χ0v) is 16.9. The number of hydrazone groups is 1. The van der Waals surface area contributed by atoms with Crippen molar-refractivity contribution in [2.24, 2.45) is 5.10 Å².